The molecule has 3 nitrogen and oxygen atoms in total. The van der Waals surface area contributed by atoms with Crippen LogP contribution in [0.1, 0.15) is 33.1 Å². The van der Waals surface area contributed by atoms with Crippen molar-refractivity contribution in [2.24, 2.45) is 0 Å². The zero-order chi connectivity index (χ0) is 20.2. The van der Waals surface area contributed by atoms with Crippen molar-refractivity contribution < 1.29 is 9.18 Å². The molecule has 1 atom stereocenters. The highest BCUT2D eigenvalue weighted by molar-refractivity contribution is 9.10. The number of carbonyl (C=O) groups is 1. The first kappa shape index (κ1) is 19.3. The zero-order valence-corrected chi connectivity index (χ0v) is 17.1. The van der Waals surface area contributed by atoms with Gasteiger partial charge in [0.25, 0.3) is 5.91 Å². The van der Waals surface area contributed by atoms with Crippen LogP contribution < -0.4 is 5.32 Å². The molecule has 4 aromatic rings. The highest BCUT2D eigenvalue weighted by Crippen LogP contribution is 2.29. The Morgan fingerprint density at radius 1 is 1.00 bits per heavy atom. The summed E-state index contributed by atoms with van der Waals surface area (Å²) in [6.07, 6.45) is 1.73. The van der Waals surface area contributed by atoms with Crippen LogP contribution in [0.4, 0.5) is 4.39 Å². The average Bonchev–Trinajstić information content (AvgIpc) is 2.77. The normalized spacial score (nSPS) is 11.9. The molecule has 0 aliphatic heterocycles. The number of benzene rings is 3. The monoisotopic (exact) mass is 448 g/mol. The van der Waals surface area contributed by atoms with Crippen molar-refractivity contribution in [3.05, 3.63) is 112 Å². The largest absolute Gasteiger partial charge is 0.341 e. The number of alkyl halides is 1. The van der Waals surface area contributed by atoms with Crippen molar-refractivity contribution in [3.63, 3.8) is 0 Å². The summed E-state index contributed by atoms with van der Waals surface area (Å²) >= 11 is 3.58. The standard InChI is InChI=1S/C24H18BrFN2O/c25-21-6-2-1-5-20(21)23(17-9-7-16(15-26)8-10-17)28-24(29)19-11-12-22-18(14-19)4-3-13-27-22/h1-14,23H,15H2,(H,28,29)/t23-/m0/s1. The minimum atomic E-state index is -0.516. The quantitative estimate of drug-likeness (QED) is 0.407. The first-order valence-electron chi connectivity index (χ1n) is 9.20. The second-order valence-electron chi connectivity index (χ2n) is 6.71. The Balaban J connectivity index is 1.70. The Labute approximate surface area is 176 Å². The van der Waals surface area contributed by atoms with Gasteiger partial charge in [-0.3, -0.25) is 9.78 Å². The van der Waals surface area contributed by atoms with Crippen LogP contribution in [0.2, 0.25) is 0 Å². The minimum Gasteiger partial charge on any atom is -0.341 e. The van der Waals surface area contributed by atoms with Crippen molar-refractivity contribution in [2.75, 3.05) is 0 Å². The number of aromatic nitrogens is 1. The molecule has 0 saturated carbocycles. The molecule has 0 aliphatic rings. The number of hydrogen-bond donors (Lipinski definition) is 1. The van der Waals surface area contributed by atoms with E-state index in [-0.39, 0.29) is 11.9 Å². The van der Waals surface area contributed by atoms with E-state index < -0.39 is 6.67 Å². The van der Waals surface area contributed by atoms with E-state index in [4.69, 9.17) is 0 Å². The molecule has 0 fully saturated rings. The number of halogens is 2. The lowest BCUT2D eigenvalue weighted by Gasteiger charge is -2.21. The fourth-order valence-electron chi connectivity index (χ4n) is 3.28. The van der Waals surface area contributed by atoms with Crippen LogP contribution in [0, 0.1) is 0 Å². The molecule has 0 bridgehead atoms. The van der Waals surface area contributed by atoms with E-state index in [1.807, 2.05) is 60.7 Å². The van der Waals surface area contributed by atoms with E-state index >= 15 is 0 Å². The molecule has 0 saturated heterocycles. The van der Waals surface area contributed by atoms with Crippen LogP contribution in [0.15, 0.2) is 89.5 Å². The number of amides is 1. The lowest BCUT2D eigenvalue weighted by Crippen LogP contribution is -2.29. The minimum absolute atomic E-state index is 0.189. The number of pyridine rings is 1. The van der Waals surface area contributed by atoms with E-state index in [0.29, 0.717) is 11.1 Å². The molecule has 1 aromatic heterocycles. The highest BCUT2D eigenvalue weighted by atomic mass is 79.9. The third kappa shape index (κ3) is 4.20. The second-order valence-corrected chi connectivity index (χ2v) is 7.57. The second kappa shape index (κ2) is 8.53. The Morgan fingerprint density at radius 3 is 2.55 bits per heavy atom. The van der Waals surface area contributed by atoms with Crippen LogP contribution in [0.5, 0.6) is 0 Å². The van der Waals surface area contributed by atoms with Crippen LogP contribution in [-0.2, 0) is 6.67 Å². The van der Waals surface area contributed by atoms with Gasteiger partial charge in [0, 0.05) is 21.6 Å². The van der Waals surface area contributed by atoms with Crippen molar-refractivity contribution in [2.45, 2.75) is 12.7 Å². The van der Waals surface area contributed by atoms with Crippen LogP contribution >= 0.6 is 15.9 Å². The maximum atomic E-state index is 13.1. The molecule has 5 heteroatoms. The van der Waals surface area contributed by atoms with Gasteiger partial charge >= 0.3 is 0 Å². The lowest BCUT2D eigenvalue weighted by atomic mass is 9.97. The molecule has 0 unspecified atom stereocenters. The molecular formula is C24H18BrFN2O. The predicted molar refractivity (Wildman–Crippen MR) is 116 cm³/mol. The highest BCUT2D eigenvalue weighted by Gasteiger charge is 2.20. The van der Waals surface area contributed by atoms with Gasteiger partial charge in [-0.1, -0.05) is 64.5 Å². The molecular weight excluding hydrogens is 431 g/mol. The van der Waals surface area contributed by atoms with E-state index in [9.17, 15) is 9.18 Å². The fraction of sp³-hybridized carbons (Fsp3) is 0.0833. The summed E-state index contributed by atoms with van der Waals surface area (Å²) in [5.74, 6) is -0.189. The maximum absolute atomic E-state index is 13.1. The van der Waals surface area contributed by atoms with E-state index in [2.05, 4.69) is 26.2 Å². The summed E-state index contributed by atoms with van der Waals surface area (Å²) in [6, 6.07) is 23.8. The van der Waals surface area contributed by atoms with Crippen molar-refractivity contribution in [1.29, 1.82) is 0 Å². The summed E-state index contributed by atoms with van der Waals surface area (Å²) in [6.45, 7) is -0.516. The third-order valence-corrected chi connectivity index (χ3v) is 5.55. The van der Waals surface area contributed by atoms with Crippen molar-refractivity contribution in [3.8, 4) is 0 Å². The fourth-order valence-corrected chi connectivity index (χ4v) is 3.79. The molecule has 1 amide bonds. The summed E-state index contributed by atoms with van der Waals surface area (Å²) in [4.78, 5) is 17.4. The van der Waals surface area contributed by atoms with Gasteiger partial charge in [-0.05, 0) is 47.0 Å². The Bertz CT molecular complexity index is 1160. The number of rotatable bonds is 5. The molecule has 4 rings (SSSR count). The summed E-state index contributed by atoms with van der Waals surface area (Å²) in [7, 11) is 0. The van der Waals surface area contributed by atoms with Crippen LogP contribution in [0.3, 0.4) is 0 Å². The van der Waals surface area contributed by atoms with E-state index in [1.54, 1.807) is 24.4 Å². The Hall–Kier alpha value is -3.05. The van der Waals surface area contributed by atoms with Gasteiger partial charge < -0.3 is 5.32 Å². The molecule has 29 heavy (non-hydrogen) atoms. The lowest BCUT2D eigenvalue weighted by molar-refractivity contribution is 0.0943. The van der Waals surface area contributed by atoms with Gasteiger partial charge in [-0.2, -0.15) is 0 Å². The first-order valence-corrected chi connectivity index (χ1v) is 10.00. The van der Waals surface area contributed by atoms with E-state index in [0.717, 1.165) is 26.5 Å². The average molecular weight is 449 g/mol. The molecule has 1 N–H and O–H groups in total. The van der Waals surface area contributed by atoms with Gasteiger partial charge in [-0.15, -0.1) is 0 Å². The first-order chi connectivity index (χ1) is 14.2. The number of hydrogen-bond acceptors (Lipinski definition) is 2. The van der Waals surface area contributed by atoms with E-state index in [1.165, 1.54) is 0 Å². The zero-order valence-electron chi connectivity index (χ0n) is 15.5. The Morgan fingerprint density at radius 2 is 1.79 bits per heavy atom. The molecule has 1 heterocycles. The maximum Gasteiger partial charge on any atom is 0.252 e. The third-order valence-electron chi connectivity index (χ3n) is 4.82. The van der Waals surface area contributed by atoms with Crippen LogP contribution in [0.25, 0.3) is 10.9 Å². The number of carbonyl (C=O) groups excluding carboxylic acids is 1. The molecule has 0 radical (unpaired) electrons. The Kier molecular flexibility index (Phi) is 5.67. The van der Waals surface area contributed by atoms with Gasteiger partial charge in [-0.25, -0.2) is 4.39 Å². The molecule has 0 spiro atoms. The number of fused-ring (bicyclic) bond motifs is 1. The summed E-state index contributed by atoms with van der Waals surface area (Å²) in [5.41, 5.74) is 3.81. The van der Waals surface area contributed by atoms with Gasteiger partial charge in [0.05, 0.1) is 11.6 Å². The molecule has 144 valence electrons. The van der Waals surface area contributed by atoms with Crippen molar-refractivity contribution >= 4 is 32.7 Å². The molecule has 0 aliphatic carbocycles. The summed E-state index contributed by atoms with van der Waals surface area (Å²) in [5, 5.41) is 4.03. The van der Waals surface area contributed by atoms with Gasteiger partial charge in [0.15, 0.2) is 0 Å². The van der Waals surface area contributed by atoms with Gasteiger partial charge in [0.2, 0.25) is 0 Å². The molecule has 3 aromatic carbocycles. The van der Waals surface area contributed by atoms with Gasteiger partial charge in [0.1, 0.15) is 6.67 Å². The summed E-state index contributed by atoms with van der Waals surface area (Å²) < 4.78 is 13.8. The smallest absolute Gasteiger partial charge is 0.252 e. The SMILES string of the molecule is O=C(N[C@@H](c1ccc(CF)cc1)c1ccccc1Br)c1ccc2ncccc2c1. The van der Waals surface area contributed by atoms with Crippen molar-refractivity contribution in [1.82, 2.24) is 10.3 Å². The predicted octanol–water partition coefficient (Wildman–Crippen LogP) is 5.99. The topological polar surface area (TPSA) is 42.0 Å². The number of nitrogens with zero attached hydrogens (tertiary/aromatic N) is 1. The van der Waals surface area contributed by atoms with Crippen LogP contribution in [-0.4, -0.2) is 10.9 Å². The number of nitrogens with one attached hydrogen (secondary N) is 1.